The van der Waals surface area contributed by atoms with E-state index in [4.69, 9.17) is 14.7 Å². The number of nitrogens with zero attached hydrogens (tertiary/aromatic N) is 3. The number of benzene rings is 1. The van der Waals surface area contributed by atoms with Crippen LogP contribution in [-0.4, -0.2) is 46.2 Å². The average molecular weight is 371 g/mol. The second-order valence-corrected chi connectivity index (χ2v) is 5.13. The van der Waals surface area contributed by atoms with E-state index in [0.29, 0.717) is 0 Å². The summed E-state index contributed by atoms with van der Waals surface area (Å²) < 4.78 is 45.2. The number of hydrogen-bond donors (Lipinski definition) is 1. The van der Waals surface area contributed by atoms with Gasteiger partial charge < -0.3 is 19.2 Å². The molecule has 0 aliphatic rings. The van der Waals surface area contributed by atoms with Gasteiger partial charge in [0.05, 0.1) is 25.0 Å². The van der Waals surface area contributed by atoms with Crippen LogP contribution in [0.4, 0.5) is 13.2 Å². The van der Waals surface area contributed by atoms with Crippen LogP contribution in [0, 0.1) is 0 Å². The van der Waals surface area contributed by atoms with E-state index in [2.05, 4.69) is 10.1 Å². The van der Waals surface area contributed by atoms with Crippen molar-refractivity contribution in [3.63, 3.8) is 0 Å². The van der Waals surface area contributed by atoms with Crippen molar-refractivity contribution in [3.8, 4) is 0 Å². The number of oxime groups is 1. The van der Waals surface area contributed by atoms with Crippen LogP contribution in [0.1, 0.15) is 11.1 Å². The molecule has 0 aliphatic heterocycles. The summed E-state index contributed by atoms with van der Waals surface area (Å²) in [6, 6.07) is 4.74. The molecule has 0 saturated carbocycles. The molecule has 2 aromatic rings. The number of halogens is 3. The summed E-state index contributed by atoms with van der Waals surface area (Å²) in [7, 11) is 0. The molecule has 1 aromatic carbocycles. The fourth-order valence-electron chi connectivity index (χ4n) is 1.98. The summed E-state index contributed by atoms with van der Waals surface area (Å²) in [6.07, 6.45) is 0.199. The van der Waals surface area contributed by atoms with Crippen molar-refractivity contribution in [2.45, 2.75) is 12.7 Å². The molecule has 0 aliphatic carbocycles. The largest absolute Gasteiger partial charge is 0.480 e. The first-order valence-electron chi connectivity index (χ1n) is 7.48. The number of imidazole rings is 1. The number of carbonyl (C=O) groups is 1. The monoisotopic (exact) mass is 371 g/mol. The second kappa shape index (κ2) is 8.99. The molecule has 0 radical (unpaired) electrons. The number of rotatable bonds is 9. The lowest BCUT2D eigenvalue weighted by molar-refractivity contribution is -0.142. The lowest BCUT2D eigenvalue weighted by Crippen LogP contribution is -2.14. The van der Waals surface area contributed by atoms with E-state index < -0.39 is 24.3 Å². The number of carboxylic acids is 1. The zero-order valence-corrected chi connectivity index (χ0v) is 13.5. The van der Waals surface area contributed by atoms with Crippen molar-refractivity contribution in [1.29, 1.82) is 0 Å². The van der Waals surface area contributed by atoms with Gasteiger partial charge in [-0.2, -0.15) is 13.2 Å². The predicted octanol–water partition coefficient (Wildman–Crippen LogP) is 2.42. The topological polar surface area (TPSA) is 85.9 Å². The maximum atomic E-state index is 12.9. The van der Waals surface area contributed by atoms with Crippen LogP contribution in [0.2, 0.25) is 0 Å². The molecule has 7 nitrogen and oxygen atoms in total. The summed E-state index contributed by atoms with van der Waals surface area (Å²) >= 11 is 0. The number of aromatic nitrogens is 2. The molecule has 0 amide bonds. The van der Waals surface area contributed by atoms with Crippen molar-refractivity contribution >= 4 is 11.7 Å². The zero-order valence-electron chi connectivity index (χ0n) is 13.5. The van der Waals surface area contributed by atoms with Crippen molar-refractivity contribution in [2.75, 3.05) is 19.8 Å². The Morgan fingerprint density at radius 2 is 2.12 bits per heavy atom. The Hall–Kier alpha value is -2.88. The highest BCUT2D eigenvalue weighted by Crippen LogP contribution is 2.29. The van der Waals surface area contributed by atoms with Gasteiger partial charge in [-0.1, -0.05) is 17.3 Å². The van der Waals surface area contributed by atoms with Gasteiger partial charge >= 0.3 is 12.1 Å². The summed E-state index contributed by atoms with van der Waals surface area (Å²) in [5.41, 5.74) is -0.287. The van der Waals surface area contributed by atoms with Crippen LogP contribution in [0.3, 0.4) is 0 Å². The van der Waals surface area contributed by atoms with Gasteiger partial charge in [0.15, 0.2) is 0 Å². The van der Waals surface area contributed by atoms with E-state index in [1.54, 1.807) is 10.8 Å². The number of hydrogen-bond acceptors (Lipinski definition) is 5. The van der Waals surface area contributed by atoms with Crippen LogP contribution in [0.5, 0.6) is 0 Å². The minimum atomic E-state index is -4.47. The Labute approximate surface area is 146 Å². The number of ether oxygens (including phenoxy) is 1. The fraction of sp³-hybridized carbons (Fsp3) is 0.312. The molecular formula is C16H16F3N3O4. The van der Waals surface area contributed by atoms with Gasteiger partial charge in [-0.05, 0) is 12.1 Å². The maximum Gasteiger partial charge on any atom is 0.416 e. The third-order valence-corrected chi connectivity index (χ3v) is 3.13. The SMILES string of the molecule is O=C(O)COCCO/N=C(/Cn1ccnc1)c1cccc(C(F)(F)F)c1. The summed E-state index contributed by atoms with van der Waals surface area (Å²) in [4.78, 5) is 19.3. The molecule has 0 spiro atoms. The van der Waals surface area contributed by atoms with E-state index >= 15 is 0 Å². The van der Waals surface area contributed by atoms with Crippen LogP contribution in [0.15, 0.2) is 48.1 Å². The molecule has 140 valence electrons. The van der Waals surface area contributed by atoms with Crippen molar-refractivity contribution < 1.29 is 32.6 Å². The van der Waals surface area contributed by atoms with E-state index in [1.165, 1.54) is 24.7 Å². The fourth-order valence-corrected chi connectivity index (χ4v) is 1.98. The molecule has 0 bridgehead atoms. The molecule has 0 atom stereocenters. The van der Waals surface area contributed by atoms with Gasteiger partial charge in [-0.15, -0.1) is 0 Å². The second-order valence-electron chi connectivity index (χ2n) is 5.13. The van der Waals surface area contributed by atoms with Crippen molar-refractivity contribution in [1.82, 2.24) is 9.55 Å². The van der Waals surface area contributed by atoms with Crippen molar-refractivity contribution in [2.24, 2.45) is 5.16 Å². The van der Waals surface area contributed by atoms with Gasteiger partial charge in [-0.25, -0.2) is 9.78 Å². The third kappa shape index (κ3) is 6.20. The molecule has 26 heavy (non-hydrogen) atoms. The third-order valence-electron chi connectivity index (χ3n) is 3.13. The van der Waals surface area contributed by atoms with E-state index in [9.17, 15) is 18.0 Å². The van der Waals surface area contributed by atoms with Gasteiger partial charge in [-0.3, -0.25) is 0 Å². The van der Waals surface area contributed by atoms with E-state index in [-0.39, 0.29) is 31.0 Å². The first-order valence-corrected chi connectivity index (χ1v) is 7.48. The normalized spacial score (nSPS) is 12.2. The first kappa shape index (κ1) is 19.4. The molecule has 0 fully saturated rings. The molecule has 1 N–H and O–H groups in total. The average Bonchev–Trinajstić information content (AvgIpc) is 3.09. The van der Waals surface area contributed by atoms with Crippen molar-refractivity contribution in [3.05, 3.63) is 54.1 Å². The highest BCUT2D eigenvalue weighted by molar-refractivity contribution is 6.00. The molecule has 1 aromatic heterocycles. The first-order chi connectivity index (χ1) is 12.4. The zero-order chi connectivity index (χ0) is 19.0. The quantitative estimate of drug-likeness (QED) is 0.416. The maximum absolute atomic E-state index is 12.9. The van der Waals surface area contributed by atoms with E-state index in [0.717, 1.165) is 12.1 Å². The highest BCUT2D eigenvalue weighted by atomic mass is 19.4. The molecular weight excluding hydrogens is 355 g/mol. The van der Waals surface area contributed by atoms with Gasteiger partial charge in [0.1, 0.15) is 18.9 Å². The standard InChI is InChI=1S/C16H16F3N3O4/c17-16(18,19)13-3-1-2-12(8-13)14(9-22-5-4-20-11-22)21-26-7-6-25-10-15(23)24/h1-5,8,11H,6-7,9-10H2,(H,23,24)/b21-14-. The van der Waals surface area contributed by atoms with Crippen LogP contribution >= 0.6 is 0 Å². The number of alkyl halides is 3. The van der Waals surface area contributed by atoms with E-state index in [1.807, 2.05) is 0 Å². The predicted molar refractivity (Wildman–Crippen MR) is 84.6 cm³/mol. The highest BCUT2D eigenvalue weighted by Gasteiger charge is 2.30. The summed E-state index contributed by atoms with van der Waals surface area (Å²) in [5, 5.41) is 12.3. The smallest absolute Gasteiger partial charge is 0.416 e. The Morgan fingerprint density at radius 3 is 2.77 bits per heavy atom. The number of aliphatic carboxylic acids is 1. The van der Waals surface area contributed by atoms with Gasteiger partial charge in [0.25, 0.3) is 0 Å². The minimum Gasteiger partial charge on any atom is -0.480 e. The molecule has 10 heteroatoms. The Balaban J connectivity index is 2.11. The van der Waals surface area contributed by atoms with Gasteiger partial charge in [0.2, 0.25) is 0 Å². The Morgan fingerprint density at radius 1 is 1.31 bits per heavy atom. The Kier molecular flexibility index (Phi) is 6.73. The molecule has 1 heterocycles. The lowest BCUT2D eigenvalue weighted by Gasteiger charge is -2.11. The summed E-state index contributed by atoms with van der Waals surface area (Å²) in [5.74, 6) is -1.11. The van der Waals surface area contributed by atoms with Crippen LogP contribution < -0.4 is 0 Å². The van der Waals surface area contributed by atoms with Gasteiger partial charge in [0, 0.05) is 18.0 Å². The Bertz CT molecular complexity index is 745. The van der Waals surface area contributed by atoms with Crippen LogP contribution in [-0.2, 0) is 27.1 Å². The molecule has 0 saturated heterocycles. The summed E-state index contributed by atoms with van der Waals surface area (Å²) in [6.45, 7) is -0.379. The molecule has 2 rings (SSSR count). The lowest BCUT2D eigenvalue weighted by atomic mass is 10.1. The number of carboxylic acid groups (broad SMARTS) is 1. The molecule has 0 unspecified atom stereocenters. The minimum absolute atomic E-state index is 0.0171. The van der Waals surface area contributed by atoms with Crippen LogP contribution in [0.25, 0.3) is 0 Å².